The molecule has 2 aromatic carbocycles. The average Bonchev–Trinajstić information content (AvgIpc) is 3.35. The highest BCUT2D eigenvalue weighted by Crippen LogP contribution is 2.20. The number of carbonyl (C=O) groups is 2. The number of para-hydroxylation sites is 1. The molecule has 1 fully saturated rings. The first-order valence-electron chi connectivity index (χ1n) is 9.37. The molecule has 1 aliphatic heterocycles. The van der Waals surface area contributed by atoms with E-state index in [4.69, 9.17) is 0 Å². The maximum Gasteiger partial charge on any atom is 0.225 e. The quantitative estimate of drug-likeness (QED) is 0.721. The fourth-order valence-corrected chi connectivity index (χ4v) is 3.41. The number of benzene rings is 2. The van der Waals surface area contributed by atoms with Gasteiger partial charge in [0.05, 0.1) is 17.8 Å². The molecule has 142 valence electrons. The average molecular weight is 374 g/mol. The number of likely N-dealkylation sites (tertiary alicyclic amines) is 1. The van der Waals surface area contributed by atoms with Crippen molar-refractivity contribution in [2.75, 3.05) is 6.54 Å². The highest BCUT2D eigenvalue weighted by Gasteiger charge is 2.34. The molecule has 0 radical (unpaired) electrons. The van der Waals surface area contributed by atoms with E-state index in [-0.39, 0.29) is 24.2 Å². The second-order valence-corrected chi connectivity index (χ2v) is 7.01. The molecule has 6 nitrogen and oxygen atoms in total. The fourth-order valence-electron chi connectivity index (χ4n) is 3.41. The number of hydrogen-bond donors (Lipinski definition) is 1. The van der Waals surface area contributed by atoms with E-state index in [1.807, 2.05) is 66.9 Å². The minimum Gasteiger partial charge on any atom is -0.352 e. The Hall–Kier alpha value is -3.41. The first-order valence-corrected chi connectivity index (χ1v) is 9.37. The van der Waals surface area contributed by atoms with E-state index in [9.17, 15) is 9.59 Å². The molecule has 1 atom stereocenters. The Kier molecular flexibility index (Phi) is 5.19. The van der Waals surface area contributed by atoms with Gasteiger partial charge in [-0.3, -0.25) is 9.59 Å². The van der Waals surface area contributed by atoms with E-state index in [1.54, 1.807) is 15.8 Å². The van der Waals surface area contributed by atoms with Crippen molar-refractivity contribution >= 4 is 11.8 Å². The molecule has 0 spiro atoms. The van der Waals surface area contributed by atoms with Crippen LogP contribution in [-0.2, 0) is 22.7 Å². The van der Waals surface area contributed by atoms with Crippen molar-refractivity contribution in [2.45, 2.75) is 19.5 Å². The molecule has 1 aromatic heterocycles. The van der Waals surface area contributed by atoms with Crippen LogP contribution in [0.3, 0.4) is 0 Å². The third-order valence-electron chi connectivity index (χ3n) is 4.93. The Bertz CT molecular complexity index is 953. The highest BCUT2D eigenvalue weighted by atomic mass is 16.2. The van der Waals surface area contributed by atoms with Crippen molar-refractivity contribution < 1.29 is 9.59 Å². The summed E-state index contributed by atoms with van der Waals surface area (Å²) >= 11 is 0. The van der Waals surface area contributed by atoms with E-state index in [0.717, 1.165) is 16.8 Å². The standard InChI is InChI=1S/C22H22N4O2/c27-21-11-19(16-25(21)14-17-7-3-1-4-8-17)22(28)23-12-18-13-24-26(15-18)20-9-5-2-6-10-20/h1-10,13,15,19H,11-12,14,16H2,(H,23,28). The van der Waals surface area contributed by atoms with Gasteiger partial charge in [-0.15, -0.1) is 0 Å². The smallest absolute Gasteiger partial charge is 0.225 e. The molecular weight excluding hydrogens is 352 g/mol. The lowest BCUT2D eigenvalue weighted by Gasteiger charge is -2.16. The van der Waals surface area contributed by atoms with Gasteiger partial charge in [-0.2, -0.15) is 5.10 Å². The molecule has 1 unspecified atom stereocenters. The zero-order valence-electron chi connectivity index (χ0n) is 15.5. The number of aromatic nitrogens is 2. The monoisotopic (exact) mass is 374 g/mol. The van der Waals surface area contributed by atoms with Gasteiger partial charge in [0, 0.05) is 37.8 Å². The normalized spacial score (nSPS) is 16.4. The summed E-state index contributed by atoms with van der Waals surface area (Å²) in [6.45, 7) is 1.41. The molecule has 28 heavy (non-hydrogen) atoms. The number of hydrogen-bond acceptors (Lipinski definition) is 3. The first-order chi connectivity index (χ1) is 13.7. The van der Waals surface area contributed by atoms with Gasteiger partial charge in [0.25, 0.3) is 0 Å². The van der Waals surface area contributed by atoms with Crippen LogP contribution in [0.25, 0.3) is 5.69 Å². The van der Waals surface area contributed by atoms with E-state index in [2.05, 4.69) is 10.4 Å². The number of amides is 2. The van der Waals surface area contributed by atoms with Gasteiger partial charge >= 0.3 is 0 Å². The van der Waals surface area contributed by atoms with Gasteiger partial charge in [0.15, 0.2) is 0 Å². The molecule has 2 heterocycles. The zero-order valence-corrected chi connectivity index (χ0v) is 15.5. The van der Waals surface area contributed by atoms with Gasteiger partial charge in [0.1, 0.15) is 0 Å². The van der Waals surface area contributed by atoms with Crippen LogP contribution in [0.15, 0.2) is 73.1 Å². The van der Waals surface area contributed by atoms with Crippen LogP contribution in [0.4, 0.5) is 0 Å². The SMILES string of the molecule is O=C(NCc1cnn(-c2ccccc2)c1)C1CC(=O)N(Cc2ccccc2)C1. The lowest BCUT2D eigenvalue weighted by Crippen LogP contribution is -2.32. The summed E-state index contributed by atoms with van der Waals surface area (Å²) < 4.78 is 1.78. The molecular formula is C22H22N4O2. The number of nitrogens with one attached hydrogen (secondary N) is 1. The second-order valence-electron chi connectivity index (χ2n) is 7.01. The van der Waals surface area contributed by atoms with Crippen molar-refractivity contribution in [1.29, 1.82) is 0 Å². The molecule has 0 bridgehead atoms. The van der Waals surface area contributed by atoms with E-state index >= 15 is 0 Å². The Morgan fingerprint density at radius 3 is 2.50 bits per heavy atom. The summed E-state index contributed by atoms with van der Waals surface area (Å²) in [5.41, 5.74) is 2.96. The molecule has 0 aliphatic carbocycles. The summed E-state index contributed by atoms with van der Waals surface area (Å²) in [5, 5.41) is 7.28. The molecule has 3 aromatic rings. The second kappa shape index (κ2) is 8.08. The molecule has 4 rings (SSSR count). The summed E-state index contributed by atoms with van der Waals surface area (Å²) in [4.78, 5) is 26.5. The van der Waals surface area contributed by atoms with Crippen LogP contribution in [0.2, 0.25) is 0 Å². The molecule has 1 aliphatic rings. The number of nitrogens with zero attached hydrogens (tertiary/aromatic N) is 3. The van der Waals surface area contributed by atoms with Crippen LogP contribution >= 0.6 is 0 Å². The van der Waals surface area contributed by atoms with Crippen LogP contribution in [0.1, 0.15) is 17.5 Å². The lowest BCUT2D eigenvalue weighted by molar-refractivity contribution is -0.129. The van der Waals surface area contributed by atoms with Crippen LogP contribution < -0.4 is 5.32 Å². The molecule has 6 heteroatoms. The minimum absolute atomic E-state index is 0.0286. The van der Waals surface area contributed by atoms with Crippen LogP contribution in [0.5, 0.6) is 0 Å². The Morgan fingerprint density at radius 2 is 1.75 bits per heavy atom. The van der Waals surface area contributed by atoms with Crippen molar-refractivity contribution in [3.63, 3.8) is 0 Å². The Balaban J connectivity index is 1.31. The molecule has 0 saturated carbocycles. The molecule has 2 amide bonds. The largest absolute Gasteiger partial charge is 0.352 e. The fraction of sp³-hybridized carbons (Fsp3) is 0.227. The maximum absolute atomic E-state index is 12.5. The summed E-state index contributed by atoms with van der Waals surface area (Å²) in [5.74, 6) is -0.363. The number of carbonyl (C=O) groups excluding carboxylic acids is 2. The number of rotatable bonds is 6. The van der Waals surface area contributed by atoms with Crippen LogP contribution in [-0.4, -0.2) is 33.0 Å². The van der Waals surface area contributed by atoms with Gasteiger partial charge in [0.2, 0.25) is 11.8 Å². The predicted octanol–water partition coefficient (Wildman–Crippen LogP) is 2.54. The van der Waals surface area contributed by atoms with Gasteiger partial charge in [-0.05, 0) is 17.7 Å². The zero-order chi connectivity index (χ0) is 19.3. The molecule has 1 saturated heterocycles. The van der Waals surface area contributed by atoms with Crippen molar-refractivity contribution in [2.24, 2.45) is 5.92 Å². The van der Waals surface area contributed by atoms with Gasteiger partial charge in [-0.25, -0.2) is 4.68 Å². The van der Waals surface area contributed by atoms with Gasteiger partial charge < -0.3 is 10.2 Å². The first kappa shape index (κ1) is 18.0. The van der Waals surface area contributed by atoms with Crippen molar-refractivity contribution in [3.05, 3.63) is 84.2 Å². The Labute approximate surface area is 163 Å². The highest BCUT2D eigenvalue weighted by molar-refractivity contribution is 5.89. The van der Waals surface area contributed by atoms with E-state index in [0.29, 0.717) is 19.6 Å². The van der Waals surface area contributed by atoms with Crippen molar-refractivity contribution in [3.8, 4) is 5.69 Å². The van der Waals surface area contributed by atoms with E-state index in [1.165, 1.54) is 0 Å². The van der Waals surface area contributed by atoms with Crippen molar-refractivity contribution in [1.82, 2.24) is 20.0 Å². The summed E-state index contributed by atoms with van der Waals surface area (Å²) in [6, 6.07) is 19.7. The third kappa shape index (κ3) is 4.11. The maximum atomic E-state index is 12.5. The third-order valence-corrected chi connectivity index (χ3v) is 4.93. The van der Waals surface area contributed by atoms with Crippen LogP contribution in [0, 0.1) is 5.92 Å². The molecule has 1 N–H and O–H groups in total. The minimum atomic E-state index is -0.305. The summed E-state index contributed by atoms with van der Waals surface area (Å²) in [7, 11) is 0. The predicted molar refractivity (Wildman–Crippen MR) is 105 cm³/mol. The summed E-state index contributed by atoms with van der Waals surface area (Å²) in [6.07, 6.45) is 3.91. The lowest BCUT2D eigenvalue weighted by atomic mass is 10.1. The Morgan fingerprint density at radius 1 is 1.04 bits per heavy atom. The van der Waals surface area contributed by atoms with Gasteiger partial charge in [-0.1, -0.05) is 48.5 Å². The topological polar surface area (TPSA) is 67.2 Å². The van der Waals surface area contributed by atoms with E-state index < -0.39 is 0 Å².